The maximum atomic E-state index is 9.28. The van der Waals surface area contributed by atoms with Crippen molar-refractivity contribution in [1.29, 1.82) is 0 Å². The van der Waals surface area contributed by atoms with Crippen molar-refractivity contribution < 1.29 is 5.11 Å². The van der Waals surface area contributed by atoms with Gasteiger partial charge in [0.15, 0.2) is 0 Å². The van der Waals surface area contributed by atoms with Crippen LogP contribution in [0.5, 0.6) is 0 Å². The number of aliphatic hydroxyl groups excluding tert-OH is 1. The Balaban J connectivity index is 1.77. The second-order valence-electron chi connectivity index (χ2n) is 5.58. The van der Waals surface area contributed by atoms with Crippen LogP contribution in [0.3, 0.4) is 0 Å². The lowest BCUT2D eigenvalue weighted by atomic mass is 10.2. The first kappa shape index (κ1) is 12.2. The fourth-order valence-corrected chi connectivity index (χ4v) is 2.41. The lowest BCUT2D eigenvalue weighted by Crippen LogP contribution is -2.29. The van der Waals surface area contributed by atoms with Crippen LogP contribution in [0.1, 0.15) is 31.2 Å². The van der Waals surface area contributed by atoms with Crippen molar-refractivity contribution >= 4 is 17.4 Å². The van der Waals surface area contributed by atoms with Crippen LogP contribution in [-0.4, -0.2) is 23.2 Å². The summed E-state index contributed by atoms with van der Waals surface area (Å²) in [7, 11) is 0. The van der Waals surface area contributed by atoms with Gasteiger partial charge in [-0.05, 0) is 43.6 Å². The number of anilines is 1. The smallest absolute Gasteiger partial charge is 0.128 e. The first-order valence-electron chi connectivity index (χ1n) is 6.76. The molecule has 3 nitrogen and oxygen atoms in total. The zero-order valence-corrected chi connectivity index (χ0v) is 11.2. The van der Waals surface area contributed by atoms with Crippen molar-refractivity contribution in [3.8, 4) is 0 Å². The van der Waals surface area contributed by atoms with Crippen LogP contribution in [0.4, 0.5) is 5.82 Å². The van der Waals surface area contributed by atoms with Crippen molar-refractivity contribution in [2.75, 3.05) is 18.0 Å². The fraction of sp³-hybridized carbons (Fsp3) is 0.643. The number of hydrogen-bond donors (Lipinski definition) is 1. The molecule has 1 aromatic rings. The van der Waals surface area contributed by atoms with E-state index < -0.39 is 0 Å². The van der Waals surface area contributed by atoms with Gasteiger partial charge in [-0.2, -0.15) is 0 Å². The highest BCUT2D eigenvalue weighted by Crippen LogP contribution is 2.35. The molecule has 0 spiro atoms. The maximum absolute atomic E-state index is 9.28. The predicted molar refractivity (Wildman–Crippen MR) is 72.8 cm³/mol. The van der Waals surface area contributed by atoms with E-state index in [0.29, 0.717) is 5.02 Å². The largest absolute Gasteiger partial charge is 0.392 e. The van der Waals surface area contributed by atoms with E-state index in [1.807, 2.05) is 6.07 Å². The van der Waals surface area contributed by atoms with Gasteiger partial charge in [0.25, 0.3) is 0 Å². The second kappa shape index (κ2) is 5.06. The third-order valence-electron chi connectivity index (χ3n) is 3.77. The van der Waals surface area contributed by atoms with E-state index in [1.54, 1.807) is 6.20 Å². The van der Waals surface area contributed by atoms with E-state index in [4.69, 9.17) is 11.6 Å². The Morgan fingerprint density at radius 3 is 2.33 bits per heavy atom. The molecule has 1 heterocycles. The quantitative estimate of drug-likeness (QED) is 0.860. The number of aromatic nitrogens is 1. The highest BCUT2D eigenvalue weighted by atomic mass is 35.5. The summed E-state index contributed by atoms with van der Waals surface area (Å²) in [6.07, 6.45) is 7.06. The first-order chi connectivity index (χ1) is 8.76. The van der Waals surface area contributed by atoms with Gasteiger partial charge >= 0.3 is 0 Å². The van der Waals surface area contributed by atoms with Gasteiger partial charge in [0.1, 0.15) is 5.82 Å². The minimum Gasteiger partial charge on any atom is -0.392 e. The summed E-state index contributed by atoms with van der Waals surface area (Å²) >= 11 is 6.00. The molecule has 2 aliphatic rings. The summed E-state index contributed by atoms with van der Waals surface area (Å²) in [4.78, 5) is 6.81. The van der Waals surface area contributed by atoms with Crippen LogP contribution >= 0.6 is 11.6 Å². The van der Waals surface area contributed by atoms with Gasteiger partial charge in [-0.3, -0.25) is 0 Å². The van der Waals surface area contributed by atoms with Crippen molar-refractivity contribution in [1.82, 2.24) is 4.98 Å². The van der Waals surface area contributed by atoms with E-state index in [1.165, 1.54) is 25.7 Å². The van der Waals surface area contributed by atoms with Gasteiger partial charge in [-0.25, -0.2) is 4.98 Å². The van der Waals surface area contributed by atoms with Gasteiger partial charge in [0, 0.05) is 24.8 Å². The molecule has 0 amide bonds. The highest BCUT2D eigenvalue weighted by Gasteiger charge is 2.29. The molecule has 0 atom stereocenters. The molecule has 2 aliphatic carbocycles. The number of halogens is 1. The van der Waals surface area contributed by atoms with Crippen molar-refractivity contribution in [2.24, 2.45) is 11.8 Å². The minimum absolute atomic E-state index is 0.0188. The second-order valence-corrected chi connectivity index (χ2v) is 5.99. The molecule has 0 aliphatic heterocycles. The molecule has 1 aromatic heterocycles. The van der Waals surface area contributed by atoms with E-state index >= 15 is 0 Å². The zero-order chi connectivity index (χ0) is 12.5. The topological polar surface area (TPSA) is 36.4 Å². The predicted octanol–water partition coefficient (Wildman–Crippen LogP) is 2.85. The van der Waals surface area contributed by atoms with Gasteiger partial charge in [0.05, 0.1) is 11.6 Å². The summed E-state index contributed by atoms with van der Waals surface area (Å²) in [6.45, 7) is 2.20. The van der Waals surface area contributed by atoms with E-state index in [0.717, 1.165) is 36.3 Å². The Bertz CT molecular complexity index is 416. The lowest BCUT2D eigenvalue weighted by molar-refractivity contribution is 0.282. The van der Waals surface area contributed by atoms with E-state index in [-0.39, 0.29) is 6.61 Å². The Labute approximate surface area is 113 Å². The third kappa shape index (κ3) is 2.96. The van der Waals surface area contributed by atoms with Crippen LogP contribution < -0.4 is 4.90 Å². The Kier molecular flexibility index (Phi) is 3.44. The maximum Gasteiger partial charge on any atom is 0.128 e. The SMILES string of the molecule is OCc1cc(N(CC2CC2)CC2CC2)ncc1Cl. The summed E-state index contributed by atoms with van der Waals surface area (Å²) < 4.78 is 0. The molecule has 1 N–H and O–H groups in total. The first-order valence-corrected chi connectivity index (χ1v) is 7.14. The van der Waals surface area contributed by atoms with Crippen LogP contribution in [-0.2, 0) is 6.61 Å². The van der Waals surface area contributed by atoms with E-state index in [2.05, 4.69) is 9.88 Å². The standard InChI is InChI=1S/C14H19ClN2O/c15-13-6-16-14(5-12(13)9-18)17(7-10-1-2-10)8-11-3-4-11/h5-6,10-11,18H,1-4,7-9H2. The van der Waals surface area contributed by atoms with Crippen LogP contribution in [0.15, 0.2) is 12.3 Å². The van der Waals surface area contributed by atoms with Gasteiger partial charge in [-0.15, -0.1) is 0 Å². The van der Waals surface area contributed by atoms with Crippen molar-refractivity contribution in [2.45, 2.75) is 32.3 Å². The summed E-state index contributed by atoms with van der Waals surface area (Å²) in [5, 5.41) is 9.84. The molecule has 2 saturated carbocycles. The van der Waals surface area contributed by atoms with Crippen molar-refractivity contribution in [3.63, 3.8) is 0 Å². The number of aliphatic hydroxyl groups is 1. The number of pyridine rings is 1. The van der Waals surface area contributed by atoms with Gasteiger partial charge in [0.2, 0.25) is 0 Å². The molecule has 0 saturated heterocycles. The number of rotatable bonds is 6. The Morgan fingerprint density at radius 2 is 1.83 bits per heavy atom. The van der Waals surface area contributed by atoms with Gasteiger partial charge < -0.3 is 10.0 Å². The lowest BCUT2D eigenvalue weighted by Gasteiger charge is -2.24. The molecule has 18 heavy (non-hydrogen) atoms. The minimum atomic E-state index is -0.0188. The molecule has 0 unspecified atom stereocenters. The van der Waals surface area contributed by atoms with Crippen LogP contribution in [0, 0.1) is 11.8 Å². The third-order valence-corrected chi connectivity index (χ3v) is 4.11. The average Bonchev–Trinajstić information content (AvgIpc) is 3.24. The molecule has 0 bridgehead atoms. The van der Waals surface area contributed by atoms with Crippen LogP contribution in [0.25, 0.3) is 0 Å². The highest BCUT2D eigenvalue weighted by molar-refractivity contribution is 6.31. The summed E-state index contributed by atoms with van der Waals surface area (Å²) in [6, 6.07) is 1.94. The molecule has 98 valence electrons. The molecule has 0 aromatic carbocycles. The number of nitrogens with zero attached hydrogens (tertiary/aromatic N) is 2. The molecule has 0 radical (unpaired) electrons. The Hall–Kier alpha value is -0.800. The number of hydrogen-bond acceptors (Lipinski definition) is 3. The van der Waals surface area contributed by atoms with Crippen molar-refractivity contribution in [3.05, 3.63) is 22.8 Å². The van der Waals surface area contributed by atoms with Gasteiger partial charge in [-0.1, -0.05) is 11.6 Å². The summed E-state index contributed by atoms with van der Waals surface area (Å²) in [5.74, 6) is 2.67. The molecule has 3 rings (SSSR count). The fourth-order valence-electron chi connectivity index (χ4n) is 2.25. The van der Waals surface area contributed by atoms with Crippen LogP contribution in [0.2, 0.25) is 5.02 Å². The molecular formula is C14H19ClN2O. The molecule has 2 fully saturated rings. The van der Waals surface area contributed by atoms with E-state index in [9.17, 15) is 5.11 Å². The zero-order valence-electron chi connectivity index (χ0n) is 10.5. The Morgan fingerprint density at radius 1 is 1.22 bits per heavy atom. The average molecular weight is 267 g/mol. The molecule has 4 heteroatoms. The normalized spacial score (nSPS) is 19.0. The monoisotopic (exact) mass is 266 g/mol. The molecular weight excluding hydrogens is 248 g/mol. The summed E-state index contributed by atoms with van der Waals surface area (Å²) in [5.41, 5.74) is 0.776.